The van der Waals surface area contributed by atoms with Gasteiger partial charge in [-0.25, -0.2) is 0 Å². The first-order chi connectivity index (χ1) is 12.4. The zero-order chi connectivity index (χ0) is 19.3. The fourth-order valence-electron chi connectivity index (χ4n) is 2.97. The molecule has 0 bridgehead atoms. The molecule has 0 aliphatic heterocycles. The molecule has 26 heavy (non-hydrogen) atoms. The van der Waals surface area contributed by atoms with Crippen molar-refractivity contribution in [3.8, 4) is 11.5 Å². The van der Waals surface area contributed by atoms with Gasteiger partial charge in [-0.15, -0.1) is 0 Å². The fourth-order valence-corrected chi connectivity index (χ4v) is 2.97. The van der Waals surface area contributed by atoms with E-state index in [9.17, 15) is 4.79 Å². The minimum atomic E-state index is -0.149. The van der Waals surface area contributed by atoms with Crippen LogP contribution in [0.4, 0.5) is 5.69 Å². The third-order valence-corrected chi connectivity index (χ3v) is 4.34. The van der Waals surface area contributed by atoms with E-state index < -0.39 is 0 Å². The number of carbonyl (C=O) groups is 1. The van der Waals surface area contributed by atoms with E-state index in [0.717, 1.165) is 16.8 Å². The first-order valence-electron chi connectivity index (χ1n) is 9.14. The Morgan fingerprint density at radius 3 is 2.12 bits per heavy atom. The second-order valence-electron chi connectivity index (χ2n) is 6.87. The topological polar surface area (TPSA) is 47.6 Å². The van der Waals surface area contributed by atoms with Gasteiger partial charge < -0.3 is 14.8 Å². The van der Waals surface area contributed by atoms with Gasteiger partial charge in [-0.1, -0.05) is 45.9 Å². The highest BCUT2D eigenvalue weighted by molar-refractivity contribution is 6.05. The first kappa shape index (κ1) is 19.8. The molecule has 0 aliphatic rings. The lowest BCUT2D eigenvalue weighted by molar-refractivity contribution is 0.102. The average molecular weight is 355 g/mol. The fraction of sp³-hybridized carbons (Fsp3) is 0.409. The molecule has 0 spiro atoms. The van der Waals surface area contributed by atoms with Crippen molar-refractivity contribution in [1.29, 1.82) is 0 Å². The van der Waals surface area contributed by atoms with Crippen molar-refractivity contribution in [2.75, 3.05) is 19.0 Å². The molecular weight excluding hydrogens is 326 g/mol. The number of para-hydroxylation sites is 1. The summed E-state index contributed by atoms with van der Waals surface area (Å²) in [5.74, 6) is 1.68. The molecule has 0 heterocycles. The molecule has 0 atom stereocenters. The van der Waals surface area contributed by atoms with Crippen LogP contribution in [0.2, 0.25) is 0 Å². The molecule has 2 rings (SSSR count). The van der Waals surface area contributed by atoms with Gasteiger partial charge >= 0.3 is 0 Å². The SMILES string of the molecule is CCOc1cc(C(=O)Nc2c(C(C)C)cccc2C(C)C)ccc1OC. The maximum absolute atomic E-state index is 12.9. The van der Waals surface area contributed by atoms with E-state index in [1.165, 1.54) is 0 Å². The van der Waals surface area contributed by atoms with Crippen LogP contribution < -0.4 is 14.8 Å². The Hall–Kier alpha value is -2.49. The summed E-state index contributed by atoms with van der Waals surface area (Å²) in [4.78, 5) is 12.9. The number of ether oxygens (including phenoxy) is 2. The van der Waals surface area contributed by atoms with E-state index in [0.29, 0.717) is 35.5 Å². The highest BCUT2D eigenvalue weighted by Crippen LogP contribution is 2.33. The van der Waals surface area contributed by atoms with Crippen LogP contribution in [-0.4, -0.2) is 19.6 Å². The minimum Gasteiger partial charge on any atom is -0.493 e. The van der Waals surface area contributed by atoms with E-state index in [-0.39, 0.29) is 5.91 Å². The average Bonchev–Trinajstić information content (AvgIpc) is 2.61. The molecule has 0 fully saturated rings. The van der Waals surface area contributed by atoms with Crippen molar-refractivity contribution in [3.63, 3.8) is 0 Å². The number of hydrogen-bond donors (Lipinski definition) is 1. The lowest BCUT2D eigenvalue weighted by Gasteiger charge is -2.20. The summed E-state index contributed by atoms with van der Waals surface area (Å²) in [6.45, 7) is 11.0. The van der Waals surface area contributed by atoms with Crippen LogP contribution in [-0.2, 0) is 0 Å². The van der Waals surface area contributed by atoms with Gasteiger partial charge in [0.05, 0.1) is 13.7 Å². The Morgan fingerprint density at radius 2 is 1.62 bits per heavy atom. The molecular formula is C22H29NO3. The molecule has 0 unspecified atom stereocenters. The van der Waals surface area contributed by atoms with Crippen molar-refractivity contribution >= 4 is 11.6 Å². The predicted molar refractivity (Wildman–Crippen MR) is 107 cm³/mol. The van der Waals surface area contributed by atoms with Crippen LogP contribution in [0.1, 0.15) is 67.9 Å². The number of benzene rings is 2. The Balaban J connectivity index is 2.40. The van der Waals surface area contributed by atoms with Crippen molar-refractivity contribution < 1.29 is 14.3 Å². The standard InChI is InChI=1S/C22H29NO3/c1-7-26-20-13-16(11-12-19(20)25-6)22(24)23-21-17(14(2)3)9-8-10-18(21)15(4)5/h8-15H,7H2,1-6H3,(H,23,24). The van der Waals surface area contributed by atoms with Crippen molar-refractivity contribution in [3.05, 3.63) is 53.1 Å². The van der Waals surface area contributed by atoms with E-state index in [4.69, 9.17) is 9.47 Å². The molecule has 1 amide bonds. The minimum absolute atomic E-state index is 0.149. The lowest BCUT2D eigenvalue weighted by Crippen LogP contribution is -2.16. The molecule has 1 N–H and O–H groups in total. The van der Waals surface area contributed by atoms with E-state index >= 15 is 0 Å². The maximum atomic E-state index is 12.9. The van der Waals surface area contributed by atoms with E-state index in [1.807, 2.05) is 6.92 Å². The largest absolute Gasteiger partial charge is 0.493 e. The number of rotatable bonds is 7. The van der Waals surface area contributed by atoms with Gasteiger partial charge in [0.1, 0.15) is 0 Å². The smallest absolute Gasteiger partial charge is 0.255 e. The summed E-state index contributed by atoms with van der Waals surface area (Å²) in [5.41, 5.74) is 3.74. The van der Waals surface area contributed by atoms with Gasteiger partial charge in [-0.2, -0.15) is 0 Å². The van der Waals surface area contributed by atoms with Crippen molar-refractivity contribution in [2.45, 2.75) is 46.5 Å². The van der Waals surface area contributed by atoms with Gasteiger partial charge in [0.15, 0.2) is 11.5 Å². The summed E-state index contributed by atoms with van der Waals surface area (Å²) in [7, 11) is 1.59. The quantitative estimate of drug-likeness (QED) is 0.704. The number of anilines is 1. The van der Waals surface area contributed by atoms with Crippen LogP contribution in [0, 0.1) is 0 Å². The van der Waals surface area contributed by atoms with Crippen LogP contribution in [0.15, 0.2) is 36.4 Å². The molecule has 4 nitrogen and oxygen atoms in total. The third kappa shape index (κ3) is 4.37. The molecule has 140 valence electrons. The molecule has 0 aromatic heterocycles. The van der Waals surface area contributed by atoms with E-state index in [1.54, 1.807) is 25.3 Å². The predicted octanol–water partition coefficient (Wildman–Crippen LogP) is 5.59. The van der Waals surface area contributed by atoms with Gasteiger partial charge in [-0.3, -0.25) is 4.79 Å². The summed E-state index contributed by atoms with van der Waals surface area (Å²) in [6, 6.07) is 11.4. The van der Waals surface area contributed by atoms with Crippen LogP contribution >= 0.6 is 0 Å². The highest BCUT2D eigenvalue weighted by atomic mass is 16.5. The molecule has 0 radical (unpaired) electrons. The Bertz CT molecular complexity index is 740. The molecule has 0 aliphatic carbocycles. The second kappa shape index (κ2) is 8.75. The Morgan fingerprint density at radius 1 is 1.00 bits per heavy atom. The van der Waals surface area contributed by atoms with Gasteiger partial charge in [0.25, 0.3) is 5.91 Å². The number of nitrogens with one attached hydrogen (secondary N) is 1. The highest BCUT2D eigenvalue weighted by Gasteiger charge is 2.18. The molecule has 0 saturated carbocycles. The van der Waals surface area contributed by atoms with Crippen molar-refractivity contribution in [1.82, 2.24) is 0 Å². The first-order valence-corrected chi connectivity index (χ1v) is 9.14. The maximum Gasteiger partial charge on any atom is 0.255 e. The molecule has 0 saturated heterocycles. The summed E-state index contributed by atoms with van der Waals surface area (Å²) in [5, 5.41) is 3.13. The molecule has 4 heteroatoms. The van der Waals surface area contributed by atoms with Crippen LogP contribution in [0.3, 0.4) is 0 Å². The molecule has 2 aromatic rings. The second-order valence-corrected chi connectivity index (χ2v) is 6.87. The lowest BCUT2D eigenvalue weighted by atomic mass is 9.92. The van der Waals surface area contributed by atoms with Crippen LogP contribution in [0.5, 0.6) is 11.5 Å². The Kier molecular flexibility index (Phi) is 6.67. The summed E-state index contributed by atoms with van der Waals surface area (Å²) in [6.07, 6.45) is 0. The van der Waals surface area contributed by atoms with Crippen LogP contribution in [0.25, 0.3) is 0 Å². The number of methoxy groups -OCH3 is 1. The normalized spacial score (nSPS) is 10.9. The number of carbonyl (C=O) groups excluding carboxylic acids is 1. The number of amides is 1. The third-order valence-electron chi connectivity index (χ3n) is 4.34. The summed E-state index contributed by atoms with van der Waals surface area (Å²) >= 11 is 0. The number of hydrogen-bond acceptors (Lipinski definition) is 3. The zero-order valence-electron chi connectivity index (χ0n) is 16.6. The zero-order valence-corrected chi connectivity index (χ0v) is 16.6. The van der Waals surface area contributed by atoms with Crippen molar-refractivity contribution in [2.24, 2.45) is 0 Å². The van der Waals surface area contributed by atoms with E-state index in [2.05, 4.69) is 51.2 Å². The monoisotopic (exact) mass is 355 g/mol. The Labute approximate surface area is 156 Å². The molecule has 2 aromatic carbocycles. The van der Waals surface area contributed by atoms with Gasteiger partial charge in [0.2, 0.25) is 0 Å². The van der Waals surface area contributed by atoms with Gasteiger partial charge in [0, 0.05) is 11.3 Å². The summed E-state index contributed by atoms with van der Waals surface area (Å²) < 4.78 is 10.9. The van der Waals surface area contributed by atoms with Gasteiger partial charge in [-0.05, 0) is 48.1 Å².